The number of non-ortho nitro benzene ring substituents is 1. The minimum atomic E-state index is -0.545. The molecule has 0 aliphatic heterocycles. The second-order valence-corrected chi connectivity index (χ2v) is 5.76. The molecule has 0 radical (unpaired) electrons. The molecule has 2 aromatic carbocycles. The van der Waals surface area contributed by atoms with Gasteiger partial charge in [0, 0.05) is 17.2 Å². The van der Waals surface area contributed by atoms with E-state index in [9.17, 15) is 14.9 Å². The summed E-state index contributed by atoms with van der Waals surface area (Å²) in [6.07, 6.45) is 0.555. The normalized spacial score (nSPS) is 11.1. The number of rotatable bonds is 7. The van der Waals surface area contributed by atoms with E-state index in [1.165, 1.54) is 18.2 Å². The fourth-order valence-corrected chi connectivity index (χ4v) is 2.57. The van der Waals surface area contributed by atoms with Crippen LogP contribution < -0.4 is 9.57 Å². The molecule has 0 unspecified atom stereocenters. The summed E-state index contributed by atoms with van der Waals surface area (Å²) >= 11 is 0. The second kappa shape index (κ2) is 8.17. The molecule has 0 fully saturated rings. The number of carbonyl (C=O) groups excluding carboxylic acids is 1. The maximum absolute atomic E-state index is 11.3. The average molecular weight is 380 g/mol. The summed E-state index contributed by atoms with van der Waals surface area (Å²) in [4.78, 5) is 26.9. The first-order valence-corrected chi connectivity index (χ1v) is 8.21. The van der Waals surface area contributed by atoms with Crippen molar-refractivity contribution >= 4 is 17.7 Å². The van der Waals surface area contributed by atoms with Crippen molar-refractivity contribution in [2.75, 3.05) is 7.11 Å². The van der Waals surface area contributed by atoms with Gasteiger partial charge in [0.05, 0.1) is 23.8 Å². The number of benzene rings is 2. The zero-order valence-corrected chi connectivity index (χ0v) is 15.1. The SMILES string of the molecule is COc1ccccc1C(C)=NOc1cc(-c2ccc(C=O)o2)cc([N+](=O)[O-])c1. The van der Waals surface area contributed by atoms with Gasteiger partial charge in [-0.05, 0) is 37.3 Å². The minimum Gasteiger partial charge on any atom is -0.496 e. The second-order valence-electron chi connectivity index (χ2n) is 5.76. The van der Waals surface area contributed by atoms with E-state index >= 15 is 0 Å². The summed E-state index contributed by atoms with van der Waals surface area (Å²) in [5.41, 5.74) is 1.47. The molecule has 0 amide bonds. The van der Waals surface area contributed by atoms with Crippen molar-refractivity contribution in [1.29, 1.82) is 0 Å². The molecule has 8 nitrogen and oxygen atoms in total. The number of oxime groups is 1. The summed E-state index contributed by atoms with van der Waals surface area (Å²) in [7, 11) is 1.55. The molecule has 0 saturated heterocycles. The summed E-state index contributed by atoms with van der Waals surface area (Å²) in [5.74, 6) is 1.21. The Kier molecular flexibility index (Phi) is 5.50. The molecule has 0 bridgehead atoms. The number of aldehydes is 1. The van der Waals surface area contributed by atoms with Crippen molar-refractivity contribution in [2.24, 2.45) is 5.16 Å². The van der Waals surface area contributed by atoms with Crippen molar-refractivity contribution in [3.63, 3.8) is 0 Å². The molecular weight excluding hydrogens is 364 g/mol. The van der Waals surface area contributed by atoms with Gasteiger partial charge < -0.3 is 14.0 Å². The van der Waals surface area contributed by atoms with Gasteiger partial charge in [0.25, 0.3) is 5.69 Å². The van der Waals surface area contributed by atoms with Crippen LogP contribution in [0.25, 0.3) is 11.3 Å². The summed E-state index contributed by atoms with van der Waals surface area (Å²) in [6.45, 7) is 1.74. The number of hydrogen-bond acceptors (Lipinski definition) is 7. The van der Waals surface area contributed by atoms with Crippen LogP contribution in [0.1, 0.15) is 23.0 Å². The first-order valence-electron chi connectivity index (χ1n) is 8.21. The molecule has 0 atom stereocenters. The molecule has 1 heterocycles. The number of para-hydroxylation sites is 1. The fourth-order valence-electron chi connectivity index (χ4n) is 2.57. The van der Waals surface area contributed by atoms with Gasteiger partial charge in [-0.25, -0.2) is 0 Å². The van der Waals surface area contributed by atoms with E-state index < -0.39 is 4.92 Å². The lowest BCUT2D eigenvalue weighted by molar-refractivity contribution is -0.384. The van der Waals surface area contributed by atoms with E-state index in [0.717, 1.165) is 5.56 Å². The van der Waals surface area contributed by atoms with E-state index in [0.29, 0.717) is 29.1 Å². The van der Waals surface area contributed by atoms with Crippen LogP contribution in [0.5, 0.6) is 11.5 Å². The number of furan rings is 1. The Morgan fingerprint density at radius 2 is 1.96 bits per heavy atom. The zero-order valence-electron chi connectivity index (χ0n) is 15.1. The molecule has 3 rings (SSSR count). The van der Waals surface area contributed by atoms with Gasteiger partial charge in [0.2, 0.25) is 0 Å². The van der Waals surface area contributed by atoms with E-state index in [4.69, 9.17) is 14.0 Å². The Bertz CT molecular complexity index is 1050. The number of methoxy groups -OCH3 is 1. The Balaban J connectivity index is 1.94. The lowest BCUT2D eigenvalue weighted by Crippen LogP contribution is -2.01. The highest BCUT2D eigenvalue weighted by atomic mass is 16.6. The van der Waals surface area contributed by atoms with Gasteiger partial charge in [-0.1, -0.05) is 17.3 Å². The predicted molar refractivity (Wildman–Crippen MR) is 102 cm³/mol. The Labute approximate surface area is 160 Å². The molecule has 3 aromatic rings. The van der Waals surface area contributed by atoms with Gasteiger partial charge >= 0.3 is 0 Å². The topological polar surface area (TPSA) is 104 Å². The summed E-state index contributed by atoms with van der Waals surface area (Å²) in [6, 6.07) is 14.4. The lowest BCUT2D eigenvalue weighted by atomic mass is 10.1. The number of ether oxygens (including phenoxy) is 1. The monoisotopic (exact) mass is 380 g/mol. The van der Waals surface area contributed by atoms with Crippen LogP contribution in [0.3, 0.4) is 0 Å². The molecule has 28 heavy (non-hydrogen) atoms. The number of nitrogens with zero attached hydrogens (tertiary/aromatic N) is 2. The molecule has 142 valence electrons. The predicted octanol–water partition coefficient (Wildman–Crippen LogP) is 4.48. The highest BCUT2D eigenvalue weighted by Gasteiger charge is 2.15. The molecule has 0 N–H and O–H groups in total. The van der Waals surface area contributed by atoms with E-state index in [2.05, 4.69) is 5.16 Å². The number of hydrogen-bond donors (Lipinski definition) is 0. The molecule has 0 aliphatic carbocycles. The molecule has 0 saturated carbocycles. The maximum Gasteiger partial charge on any atom is 0.273 e. The van der Waals surface area contributed by atoms with Gasteiger partial charge in [-0.2, -0.15) is 0 Å². The summed E-state index contributed by atoms with van der Waals surface area (Å²) < 4.78 is 10.6. The first kappa shape index (κ1) is 18.8. The van der Waals surface area contributed by atoms with Crippen molar-refractivity contribution < 1.29 is 23.7 Å². The third kappa shape index (κ3) is 4.07. The summed E-state index contributed by atoms with van der Waals surface area (Å²) in [5, 5.41) is 15.3. The Hall–Kier alpha value is -3.94. The highest BCUT2D eigenvalue weighted by molar-refractivity contribution is 6.00. The van der Waals surface area contributed by atoms with Gasteiger partial charge in [0.1, 0.15) is 11.5 Å². The fraction of sp³-hybridized carbons (Fsp3) is 0.100. The largest absolute Gasteiger partial charge is 0.496 e. The third-order valence-electron chi connectivity index (χ3n) is 3.91. The van der Waals surface area contributed by atoms with Crippen LogP contribution in [-0.2, 0) is 0 Å². The van der Waals surface area contributed by atoms with Crippen LogP contribution in [0.4, 0.5) is 5.69 Å². The third-order valence-corrected chi connectivity index (χ3v) is 3.91. The van der Waals surface area contributed by atoms with E-state index in [-0.39, 0.29) is 17.2 Å². The average Bonchev–Trinajstić information content (AvgIpc) is 3.21. The van der Waals surface area contributed by atoms with E-state index in [1.54, 1.807) is 32.2 Å². The number of nitro benzene ring substituents is 1. The Morgan fingerprint density at radius 3 is 2.64 bits per heavy atom. The minimum absolute atomic E-state index is 0.119. The van der Waals surface area contributed by atoms with Crippen molar-refractivity contribution in [2.45, 2.75) is 6.92 Å². The highest BCUT2D eigenvalue weighted by Crippen LogP contribution is 2.31. The van der Waals surface area contributed by atoms with Crippen LogP contribution >= 0.6 is 0 Å². The smallest absolute Gasteiger partial charge is 0.273 e. The Morgan fingerprint density at radius 1 is 1.18 bits per heavy atom. The van der Waals surface area contributed by atoms with E-state index in [1.807, 2.05) is 18.2 Å². The van der Waals surface area contributed by atoms with Crippen LogP contribution in [0.15, 0.2) is 64.2 Å². The quantitative estimate of drug-likeness (QED) is 0.259. The molecule has 0 aliphatic rings. The molecule has 0 spiro atoms. The van der Waals surface area contributed by atoms with Crippen LogP contribution in [0.2, 0.25) is 0 Å². The van der Waals surface area contributed by atoms with Gasteiger partial charge in [-0.3, -0.25) is 14.9 Å². The first-order chi connectivity index (χ1) is 13.5. The maximum atomic E-state index is 11.3. The standard InChI is InChI=1S/C20H16N2O6/c1-13(18-5-3-4-6-20(18)26-2)21-28-17-10-14(9-15(11-17)22(24)25)19-8-7-16(12-23)27-19/h3-12H,1-2H3. The number of nitro groups is 1. The van der Waals surface area contributed by atoms with Gasteiger partial charge in [0.15, 0.2) is 17.8 Å². The van der Waals surface area contributed by atoms with Crippen molar-refractivity contribution in [3.8, 4) is 22.8 Å². The van der Waals surface area contributed by atoms with Crippen molar-refractivity contribution in [3.05, 3.63) is 76.0 Å². The van der Waals surface area contributed by atoms with Crippen molar-refractivity contribution in [1.82, 2.24) is 0 Å². The zero-order chi connectivity index (χ0) is 20.1. The lowest BCUT2D eigenvalue weighted by Gasteiger charge is -2.08. The molecule has 8 heteroatoms. The molecular formula is C20H16N2O6. The van der Waals surface area contributed by atoms with Crippen LogP contribution in [-0.4, -0.2) is 24.0 Å². The van der Waals surface area contributed by atoms with Crippen LogP contribution in [0, 0.1) is 10.1 Å². The molecule has 1 aromatic heterocycles. The number of carbonyl (C=O) groups is 1. The van der Waals surface area contributed by atoms with Gasteiger partial charge in [-0.15, -0.1) is 0 Å².